The third-order valence-electron chi connectivity index (χ3n) is 3.15. The molecule has 6 nitrogen and oxygen atoms in total. The van der Waals surface area contributed by atoms with E-state index in [0.717, 1.165) is 0 Å². The van der Waals surface area contributed by atoms with Crippen molar-refractivity contribution in [2.75, 3.05) is 25.2 Å². The van der Waals surface area contributed by atoms with Crippen molar-refractivity contribution >= 4 is 17.4 Å². The highest BCUT2D eigenvalue weighted by molar-refractivity contribution is 5.93. The smallest absolute Gasteiger partial charge is 0.356 e. The van der Waals surface area contributed by atoms with Gasteiger partial charge in [0, 0.05) is 25.9 Å². The van der Waals surface area contributed by atoms with Gasteiger partial charge in [-0.15, -0.1) is 0 Å². The van der Waals surface area contributed by atoms with Gasteiger partial charge in [-0.3, -0.25) is 4.40 Å². The molecule has 0 aromatic carbocycles. The van der Waals surface area contributed by atoms with Gasteiger partial charge in [-0.05, 0) is 26.0 Å². The van der Waals surface area contributed by atoms with Crippen LogP contribution >= 0.6 is 0 Å². The molecule has 0 saturated heterocycles. The molecule has 2 aromatic heterocycles. The predicted molar refractivity (Wildman–Crippen MR) is 76.5 cm³/mol. The number of rotatable bonds is 6. The van der Waals surface area contributed by atoms with E-state index in [1.807, 2.05) is 24.8 Å². The van der Waals surface area contributed by atoms with E-state index in [4.69, 9.17) is 4.74 Å². The zero-order valence-electron chi connectivity index (χ0n) is 11.9. The van der Waals surface area contributed by atoms with Crippen molar-refractivity contribution in [3.63, 3.8) is 0 Å². The van der Waals surface area contributed by atoms with Crippen LogP contribution in [0.15, 0.2) is 24.4 Å². The number of carbonyl (C=O) groups is 1. The number of carboxylic acid groups (broad SMARTS) is 1. The fraction of sp³-hybridized carbons (Fsp3) is 0.429. The SMILES string of the molecule is COCCN(c1nc2ccccn2c1C(=O)O)C(C)C. The topological polar surface area (TPSA) is 67.1 Å². The Bertz CT molecular complexity index is 607. The number of ether oxygens (including phenoxy) is 1. The van der Waals surface area contributed by atoms with Gasteiger partial charge in [0.05, 0.1) is 6.61 Å². The van der Waals surface area contributed by atoms with Gasteiger partial charge >= 0.3 is 5.97 Å². The van der Waals surface area contributed by atoms with Crippen LogP contribution in [-0.4, -0.2) is 46.8 Å². The summed E-state index contributed by atoms with van der Waals surface area (Å²) in [6, 6.07) is 5.56. The number of anilines is 1. The minimum absolute atomic E-state index is 0.133. The van der Waals surface area contributed by atoms with Crippen molar-refractivity contribution in [3.8, 4) is 0 Å². The monoisotopic (exact) mass is 277 g/mol. The third-order valence-corrected chi connectivity index (χ3v) is 3.15. The fourth-order valence-corrected chi connectivity index (χ4v) is 2.18. The van der Waals surface area contributed by atoms with Crippen LogP contribution in [0.4, 0.5) is 5.82 Å². The summed E-state index contributed by atoms with van der Waals surface area (Å²) in [7, 11) is 1.63. The molecule has 2 aromatic rings. The first kappa shape index (κ1) is 14.3. The molecule has 0 fully saturated rings. The second-order valence-electron chi connectivity index (χ2n) is 4.80. The van der Waals surface area contributed by atoms with Gasteiger partial charge in [-0.25, -0.2) is 9.78 Å². The highest BCUT2D eigenvalue weighted by Gasteiger charge is 2.24. The Kier molecular flexibility index (Phi) is 4.24. The molecule has 1 N–H and O–H groups in total. The zero-order chi connectivity index (χ0) is 14.7. The highest BCUT2D eigenvalue weighted by Crippen LogP contribution is 2.23. The van der Waals surface area contributed by atoms with Crippen molar-refractivity contribution in [1.82, 2.24) is 9.38 Å². The number of methoxy groups -OCH3 is 1. The zero-order valence-corrected chi connectivity index (χ0v) is 11.9. The summed E-state index contributed by atoms with van der Waals surface area (Å²) in [6.45, 7) is 5.13. The second-order valence-corrected chi connectivity index (χ2v) is 4.80. The van der Waals surface area contributed by atoms with Gasteiger partial charge in [-0.2, -0.15) is 0 Å². The molecule has 0 atom stereocenters. The van der Waals surface area contributed by atoms with Crippen molar-refractivity contribution in [3.05, 3.63) is 30.1 Å². The van der Waals surface area contributed by atoms with Gasteiger partial charge in [-0.1, -0.05) is 6.07 Å². The van der Waals surface area contributed by atoms with E-state index in [2.05, 4.69) is 4.98 Å². The Morgan fingerprint density at radius 2 is 2.25 bits per heavy atom. The molecule has 0 amide bonds. The Hall–Kier alpha value is -2.08. The molecule has 0 unspecified atom stereocenters. The molecule has 0 aliphatic carbocycles. The Morgan fingerprint density at radius 3 is 2.85 bits per heavy atom. The standard InChI is InChI=1S/C14H19N3O3/c1-10(2)16(8-9-20-3)13-12(14(18)19)17-7-5-4-6-11(17)15-13/h4-7,10H,8-9H2,1-3H3,(H,18,19). The normalized spacial score (nSPS) is 11.2. The summed E-state index contributed by atoms with van der Waals surface area (Å²) in [5, 5.41) is 9.49. The lowest BCUT2D eigenvalue weighted by atomic mass is 10.3. The minimum Gasteiger partial charge on any atom is -0.476 e. The number of hydrogen-bond acceptors (Lipinski definition) is 4. The van der Waals surface area contributed by atoms with E-state index in [9.17, 15) is 9.90 Å². The maximum atomic E-state index is 11.6. The quantitative estimate of drug-likeness (QED) is 0.873. The number of fused-ring (bicyclic) bond motifs is 1. The van der Waals surface area contributed by atoms with Crippen LogP contribution in [-0.2, 0) is 4.74 Å². The molecular weight excluding hydrogens is 258 g/mol. The average Bonchev–Trinajstić information content (AvgIpc) is 2.77. The molecule has 0 spiro atoms. The lowest BCUT2D eigenvalue weighted by Gasteiger charge is -2.26. The van der Waals surface area contributed by atoms with Crippen molar-refractivity contribution in [2.24, 2.45) is 0 Å². The van der Waals surface area contributed by atoms with E-state index in [1.165, 1.54) is 0 Å². The number of hydrogen-bond donors (Lipinski definition) is 1. The third kappa shape index (κ3) is 2.60. The largest absolute Gasteiger partial charge is 0.476 e. The van der Waals surface area contributed by atoms with Crippen molar-refractivity contribution in [1.29, 1.82) is 0 Å². The van der Waals surface area contributed by atoms with Crippen LogP contribution in [0.25, 0.3) is 5.65 Å². The second kappa shape index (κ2) is 5.92. The number of carboxylic acids is 1. The molecule has 2 rings (SSSR count). The van der Waals surface area contributed by atoms with Gasteiger partial charge in [0.2, 0.25) is 0 Å². The number of aromatic nitrogens is 2. The molecule has 0 bridgehead atoms. The van der Waals surface area contributed by atoms with Crippen LogP contribution in [0.1, 0.15) is 24.3 Å². The van der Waals surface area contributed by atoms with E-state index in [0.29, 0.717) is 24.6 Å². The number of pyridine rings is 1. The summed E-state index contributed by atoms with van der Waals surface area (Å²) < 4.78 is 6.69. The summed E-state index contributed by atoms with van der Waals surface area (Å²) in [5.74, 6) is -0.502. The lowest BCUT2D eigenvalue weighted by Crippen LogP contribution is -2.35. The van der Waals surface area contributed by atoms with E-state index < -0.39 is 5.97 Å². The Morgan fingerprint density at radius 1 is 1.50 bits per heavy atom. The highest BCUT2D eigenvalue weighted by atomic mass is 16.5. The summed E-state index contributed by atoms with van der Waals surface area (Å²) in [6.07, 6.45) is 1.71. The van der Waals surface area contributed by atoms with Crippen LogP contribution in [0, 0.1) is 0 Å². The summed E-state index contributed by atoms with van der Waals surface area (Å²) >= 11 is 0. The van der Waals surface area contributed by atoms with E-state index in [1.54, 1.807) is 29.8 Å². The maximum absolute atomic E-state index is 11.6. The molecule has 0 saturated carbocycles. The van der Waals surface area contributed by atoms with E-state index >= 15 is 0 Å². The van der Waals surface area contributed by atoms with E-state index in [-0.39, 0.29) is 11.7 Å². The first-order chi connectivity index (χ1) is 9.56. The van der Waals surface area contributed by atoms with Crippen LogP contribution in [0.2, 0.25) is 0 Å². The molecule has 0 aliphatic rings. The molecule has 0 aliphatic heterocycles. The van der Waals surface area contributed by atoms with Crippen molar-refractivity contribution in [2.45, 2.75) is 19.9 Å². The first-order valence-corrected chi connectivity index (χ1v) is 6.52. The molecule has 20 heavy (non-hydrogen) atoms. The number of aromatic carboxylic acids is 1. The fourth-order valence-electron chi connectivity index (χ4n) is 2.18. The molecule has 108 valence electrons. The lowest BCUT2D eigenvalue weighted by molar-refractivity contribution is 0.0690. The number of imidazole rings is 1. The van der Waals surface area contributed by atoms with Gasteiger partial charge < -0.3 is 14.7 Å². The number of nitrogens with zero attached hydrogens (tertiary/aromatic N) is 3. The Labute approximate surface area is 117 Å². The molecule has 6 heteroatoms. The maximum Gasteiger partial charge on any atom is 0.356 e. The minimum atomic E-state index is -0.984. The molecular formula is C14H19N3O3. The predicted octanol–water partition coefficient (Wildman–Crippen LogP) is 1.89. The summed E-state index contributed by atoms with van der Waals surface area (Å²) in [5.41, 5.74) is 0.813. The van der Waals surface area contributed by atoms with Crippen LogP contribution < -0.4 is 4.90 Å². The molecule has 2 heterocycles. The first-order valence-electron chi connectivity index (χ1n) is 6.52. The molecule has 0 radical (unpaired) electrons. The van der Waals surface area contributed by atoms with Crippen LogP contribution in [0.3, 0.4) is 0 Å². The summed E-state index contributed by atoms with van der Waals surface area (Å²) in [4.78, 5) is 18.0. The average molecular weight is 277 g/mol. The van der Waals surface area contributed by atoms with Gasteiger partial charge in [0.25, 0.3) is 0 Å². The van der Waals surface area contributed by atoms with Gasteiger partial charge in [0.1, 0.15) is 5.65 Å². The van der Waals surface area contributed by atoms with Crippen LogP contribution in [0.5, 0.6) is 0 Å². The van der Waals surface area contributed by atoms with Crippen molar-refractivity contribution < 1.29 is 14.6 Å². The van der Waals surface area contributed by atoms with Gasteiger partial charge in [0.15, 0.2) is 11.5 Å². The Balaban J connectivity index is 2.55.